The second-order valence-corrected chi connectivity index (χ2v) is 13.7. The zero-order valence-electron chi connectivity index (χ0n) is 21.3. The predicted molar refractivity (Wildman–Crippen MR) is 126 cm³/mol. The Bertz CT molecular complexity index is 776. The third-order valence-electron chi connectivity index (χ3n) is 12.2. The Hall–Kier alpha value is -0.410. The molecule has 0 bridgehead atoms. The first-order valence-corrected chi connectivity index (χ1v) is 14.0. The van der Waals surface area contributed by atoms with Crippen molar-refractivity contribution in [2.24, 2.45) is 58.2 Å². The highest BCUT2D eigenvalue weighted by Gasteiger charge is 2.66. The average molecular weight is 443 g/mol. The second kappa shape index (κ2) is 7.30. The van der Waals surface area contributed by atoms with Crippen molar-refractivity contribution >= 4 is 5.78 Å². The molecule has 3 heteroatoms. The predicted octanol–water partition coefficient (Wildman–Crippen LogP) is 6.29. The minimum Gasteiger partial charge on any atom is -0.370 e. The molecule has 3 nitrogen and oxygen atoms in total. The van der Waals surface area contributed by atoms with Gasteiger partial charge in [0.25, 0.3) is 0 Å². The van der Waals surface area contributed by atoms with E-state index >= 15 is 0 Å². The second-order valence-electron chi connectivity index (χ2n) is 13.7. The van der Waals surface area contributed by atoms with E-state index < -0.39 is 0 Å². The van der Waals surface area contributed by atoms with Crippen molar-refractivity contribution in [3.05, 3.63) is 0 Å². The van der Waals surface area contributed by atoms with Crippen molar-refractivity contribution in [3.63, 3.8) is 0 Å². The summed E-state index contributed by atoms with van der Waals surface area (Å²) in [5.41, 5.74) is 0.590. The minimum atomic E-state index is 0.193. The molecule has 2 saturated heterocycles. The van der Waals surface area contributed by atoms with Crippen LogP contribution in [0.3, 0.4) is 0 Å². The van der Waals surface area contributed by atoms with E-state index in [4.69, 9.17) is 9.47 Å². The lowest BCUT2D eigenvalue weighted by Crippen LogP contribution is -2.57. The van der Waals surface area contributed by atoms with Crippen LogP contribution in [0, 0.1) is 58.2 Å². The van der Waals surface area contributed by atoms with Gasteiger partial charge in [-0.25, -0.2) is 0 Å². The maximum absolute atomic E-state index is 13.4. The van der Waals surface area contributed by atoms with Crippen molar-refractivity contribution in [2.75, 3.05) is 0 Å². The molecule has 0 N–H and O–H groups in total. The number of ketones is 1. The quantitative estimate of drug-likeness (QED) is 0.470. The van der Waals surface area contributed by atoms with Crippen LogP contribution in [0.15, 0.2) is 0 Å². The van der Waals surface area contributed by atoms with Crippen molar-refractivity contribution in [2.45, 2.75) is 117 Å². The fraction of sp³-hybridized carbons (Fsp3) is 0.966. The molecule has 6 rings (SSSR count). The molecule has 32 heavy (non-hydrogen) atoms. The van der Waals surface area contributed by atoms with Gasteiger partial charge in [0, 0.05) is 12.3 Å². The van der Waals surface area contributed by atoms with Gasteiger partial charge in [-0.2, -0.15) is 0 Å². The van der Waals surface area contributed by atoms with Gasteiger partial charge in [0.05, 0.1) is 24.4 Å². The number of hydrogen-bond acceptors (Lipinski definition) is 3. The molecule has 4 aliphatic carbocycles. The zero-order chi connectivity index (χ0) is 22.6. The SMILES string of the molecule is CC[C@@H](C(C)C)[C@H]1O[C@@H]1[C@@H](C)[C@H]1CC[C@H]2[C@@H]3CC(=O)C4C[C@@H]5O[C@@H]5C[C@]4(C)[C@H]3CC[C@]12C. The van der Waals surface area contributed by atoms with Crippen molar-refractivity contribution in [1.82, 2.24) is 0 Å². The smallest absolute Gasteiger partial charge is 0.136 e. The monoisotopic (exact) mass is 442 g/mol. The summed E-state index contributed by atoms with van der Waals surface area (Å²) in [6, 6.07) is 0. The maximum atomic E-state index is 13.4. The topological polar surface area (TPSA) is 42.1 Å². The molecule has 0 aromatic carbocycles. The molecule has 0 spiro atoms. The molecule has 6 fully saturated rings. The molecule has 13 atom stereocenters. The molecule has 2 aliphatic heterocycles. The number of epoxide rings is 2. The highest BCUT2D eigenvalue weighted by Crippen LogP contribution is 2.69. The summed E-state index contributed by atoms with van der Waals surface area (Å²) in [6.45, 7) is 14.6. The minimum absolute atomic E-state index is 0.193. The average Bonchev–Trinajstić information content (AvgIpc) is 3.63. The molecule has 0 aromatic heterocycles. The molecule has 4 saturated carbocycles. The van der Waals surface area contributed by atoms with Gasteiger partial charge in [-0.1, -0.05) is 48.0 Å². The number of rotatable bonds is 5. The van der Waals surface area contributed by atoms with Crippen molar-refractivity contribution in [1.29, 1.82) is 0 Å². The third kappa shape index (κ3) is 3.01. The van der Waals surface area contributed by atoms with Crippen LogP contribution >= 0.6 is 0 Å². The summed E-state index contributed by atoms with van der Waals surface area (Å²) in [5, 5.41) is 0. The van der Waals surface area contributed by atoms with E-state index in [-0.39, 0.29) is 11.3 Å². The Morgan fingerprint density at radius 1 is 0.969 bits per heavy atom. The van der Waals surface area contributed by atoms with E-state index in [9.17, 15) is 4.79 Å². The molecule has 0 amide bonds. The molecule has 6 aliphatic rings. The van der Waals surface area contributed by atoms with Gasteiger partial charge < -0.3 is 9.47 Å². The fourth-order valence-corrected chi connectivity index (χ4v) is 10.4. The molecule has 0 aromatic rings. The summed E-state index contributed by atoms with van der Waals surface area (Å²) < 4.78 is 12.3. The number of fused-ring (bicyclic) bond motifs is 6. The van der Waals surface area contributed by atoms with Gasteiger partial charge >= 0.3 is 0 Å². The Balaban J connectivity index is 1.21. The van der Waals surface area contributed by atoms with Gasteiger partial charge in [-0.15, -0.1) is 0 Å². The molecule has 180 valence electrons. The largest absolute Gasteiger partial charge is 0.370 e. The summed E-state index contributed by atoms with van der Waals surface area (Å²) >= 11 is 0. The van der Waals surface area contributed by atoms with Crippen LogP contribution in [-0.2, 0) is 14.3 Å². The molecular weight excluding hydrogens is 396 g/mol. The van der Waals surface area contributed by atoms with E-state index in [1.807, 2.05) is 0 Å². The molecular formula is C29H46O3. The number of ether oxygens (including phenoxy) is 2. The van der Waals surface area contributed by atoms with E-state index in [0.29, 0.717) is 59.3 Å². The zero-order valence-corrected chi connectivity index (χ0v) is 21.3. The van der Waals surface area contributed by atoms with E-state index in [1.165, 1.54) is 32.1 Å². The summed E-state index contributed by atoms with van der Waals surface area (Å²) in [4.78, 5) is 13.4. The van der Waals surface area contributed by atoms with Crippen molar-refractivity contribution < 1.29 is 14.3 Å². The molecule has 1 unspecified atom stereocenters. The fourth-order valence-electron chi connectivity index (χ4n) is 10.4. The van der Waals surface area contributed by atoms with Gasteiger partial charge in [0.1, 0.15) is 5.78 Å². The van der Waals surface area contributed by atoms with Crippen molar-refractivity contribution in [3.8, 4) is 0 Å². The van der Waals surface area contributed by atoms with Gasteiger partial charge in [0.2, 0.25) is 0 Å². The first-order valence-electron chi connectivity index (χ1n) is 14.0. The highest BCUT2D eigenvalue weighted by atomic mass is 16.6. The number of carbonyl (C=O) groups excluding carboxylic acids is 1. The first-order chi connectivity index (χ1) is 15.2. The Morgan fingerprint density at radius 3 is 2.44 bits per heavy atom. The van der Waals surface area contributed by atoms with E-state index in [2.05, 4.69) is 41.5 Å². The van der Waals surface area contributed by atoms with Gasteiger partial charge in [0.15, 0.2) is 0 Å². The lowest BCUT2D eigenvalue weighted by molar-refractivity contribution is -0.152. The Morgan fingerprint density at radius 2 is 1.72 bits per heavy atom. The van der Waals surface area contributed by atoms with E-state index in [0.717, 1.165) is 37.0 Å². The van der Waals surface area contributed by atoms with Crippen LogP contribution in [0.25, 0.3) is 0 Å². The lowest BCUT2D eigenvalue weighted by atomic mass is 9.44. The normalized spacial score (nSPS) is 55.5. The highest BCUT2D eigenvalue weighted by molar-refractivity contribution is 5.83. The summed E-state index contributed by atoms with van der Waals surface area (Å²) in [6.07, 6.45) is 11.4. The third-order valence-corrected chi connectivity index (χ3v) is 12.2. The number of hydrogen-bond donors (Lipinski definition) is 0. The van der Waals surface area contributed by atoms with Gasteiger partial charge in [-0.05, 0) is 90.8 Å². The molecule has 0 radical (unpaired) electrons. The maximum Gasteiger partial charge on any atom is 0.136 e. The first kappa shape index (κ1) is 22.1. The summed E-state index contributed by atoms with van der Waals surface area (Å²) in [7, 11) is 0. The van der Waals surface area contributed by atoms with Crippen LogP contribution in [0.4, 0.5) is 0 Å². The number of Topliss-reactive ketones (excluding diaryl/α,β-unsaturated/α-hetero) is 1. The van der Waals surface area contributed by atoms with Crippen LogP contribution in [0.1, 0.15) is 92.9 Å². The summed E-state index contributed by atoms with van der Waals surface area (Å²) in [5.74, 6) is 5.76. The molecule has 2 heterocycles. The lowest BCUT2D eigenvalue weighted by Gasteiger charge is -2.59. The standard InChI is InChI=1S/C29H46O3/c1-7-17(15(2)3)27-26(32-27)16(4)19-8-9-20-18-12-23(30)22-13-24-25(31-24)14-29(22,6)21(18)10-11-28(19,20)5/h15-22,24-27H,7-14H2,1-6H3/t16-,17-,18-,19+,20-,21-,22?,24-,25+,26+,27+,28+,29+/m0/s1. The van der Waals surface area contributed by atoms with Gasteiger partial charge in [-0.3, -0.25) is 4.79 Å². The Kier molecular flexibility index (Phi) is 5.03. The number of carbonyl (C=O) groups is 1. The van der Waals surface area contributed by atoms with Crippen LogP contribution in [0.2, 0.25) is 0 Å². The van der Waals surface area contributed by atoms with E-state index in [1.54, 1.807) is 0 Å². The Labute approximate surface area is 195 Å². The van der Waals surface area contributed by atoms with Crippen LogP contribution in [-0.4, -0.2) is 30.2 Å². The van der Waals surface area contributed by atoms with Crippen LogP contribution in [0.5, 0.6) is 0 Å². The van der Waals surface area contributed by atoms with Crippen LogP contribution < -0.4 is 0 Å².